The highest BCUT2D eigenvalue weighted by atomic mass is 16.2. The summed E-state index contributed by atoms with van der Waals surface area (Å²) >= 11 is 0. The third-order valence-electron chi connectivity index (χ3n) is 3.79. The average molecular weight is 311 g/mol. The smallest absolute Gasteiger partial charge is 0.253 e. The minimum Gasteiger partial charge on any atom is -0.339 e. The van der Waals surface area contributed by atoms with Crippen molar-refractivity contribution in [3.05, 3.63) is 60.2 Å². The van der Waals surface area contributed by atoms with Gasteiger partial charge in [0.1, 0.15) is 0 Å². The van der Waals surface area contributed by atoms with Crippen molar-refractivity contribution in [2.45, 2.75) is 12.8 Å². The highest BCUT2D eigenvalue weighted by Crippen LogP contribution is 2.19. The fourth-order valence-electron chi connectivity index (χ4n) is 2.50. The van der Waals surface area contributed by atoms with Gasteiger partial charge in [-0.05, 0) is 49.2 Å². The molecule has 0 aliphatic carbocycles. The molecule has 2 aromatic carbocycles. The van der Waals surface area contributed by atoms with Gasteiger partial charge in [-0.1, -0.05) is 42.5 Å². The molecule has 0 heterocycles. The van der Waals surface area contributed by atoms with Crippen LogP contribution in [0.15, 0.2) is 54.6 Å². The molecule has 23 heavy (non-hydrogen) atoms. The molecule has 1 amide bonds. The van der Waals surface area contributed by atoms with Crippen molar-refractivity contribution in [2.75, 3.05) is 26.2 Å². The summed E-state index contributed by atoms with van der Waals surface area (Å²) in [7, 11) is 0. The van der Waals surface area contributed by atoms with Crippen molar-refractivity contribution in [2.24, 2.45) is 11.5 Å². The molecular formula is C19H25N3O. The summed E-state index contributed by atoms with van der Waals surface area (Å²) in [5.74, 6) is 0.0477. The lowest BCUT2D eigenvalue weighted by Crippen LogP contribution is -2.34. The van der Waals surface area contributed by atoms with Gasteiger partial charge in [-0.15, -0.1) is 0 Å². The van der Waals surface area contributed by atoms with Crippen molar-refractivity contribution >= 4 is 5.91 Å². The second-order valence-electron chi connectivity index (χ2n) is 5.52. The second-order valence-corrected chi connectivity index (χ2v) is 5.52. The molecule has 122 valence electrons. The summed E-state index contributed by atoms with van der Waals surface area (Å²) in [6, 6.07) is 17.9. The van der Waals surface area contributed by atoms with Gasteiger partial charge >= 0.3 is 0 Å². The Morgan fingerprint density at radius 2 is 1.30 bits per heavy atom. The third kappa shape index (κ3) is 4.91. The molecule has 2 rings (SSSR count). The van der Waals surface area contributed by atoms with Crippen LogP contribution in [0, 0.1) is 0 Å². The summed E-state index contributed by atoms with van der Waals surface area (Å²) in [5.41, 5.74) is 14.1. The van der Waals surface area contributed by atoms with E-state index >= 15 is 0 Å². The summed E-state index contributed by atoms with van der Waals surface area (Å²) in [6.45, 7) is 2.52. The molecule has 0 saturated carbocycles. The Kier molecular flexibility index (Phi) is 6.78. The number of hydrogen-bond donors (Lipinski definition) is 2. The number of benzene rings is 2. The molecule has 0 fully saturated rings. The minimum absolute atomic E-state index is 0.0477. The zero-order chi connectivity index (χ0) is 16.5. The molecule has 4 nitrogen and oxygen atoms in total. The van der Waals surface area contributed by atoms with Gasteiger partial charge in [-0.3, -0.25) is 4.79 Å². The molecule has 4 heteroatoms. The van der Waals surface area contributed by atoms with Crippen LogP contribution in [0.1, 0.15) is 23.2 Å². The van der Waals surface area contributed by atoms with Crippen molar-refractivity contribution in [1.82, 2.24) is 4.90 Å². The van der Waals surface area contributed by atoms with E-state index in [0.29, 0.717) is 31.7 Å². The maximum absolute atomic E-state index is 12.6. The highest BCUT2D eigenvalue weighted by Gasteiger charge is 2.14. The highest BCUT2D eigenvalue weighted by molar-refractivity contribution is 5.94. The number of amides is 1. The Balaban J connectivity index is 2.11. The van der Waals surface area contributed by atoms with Gasteiger partial charge in [0.05, 0.1) is 0 Å². The van der Waals surface area contributed by atoms with Gasteiger partial charge in [-0.2, -0.15) is 0 Å². The fourth-order valence-corrected chi connectivity index (χ4v) is 2.50. The lowest BCUT2D eigenvalue weighted by Gasteiger charge is -2.22. The van der Waals surface area contributed by atoms with Crippen molar-refractivity contribution in [3.8, 4) is 11.1 Å². The summed E-state index contributed by atoms with van der Waals surface area (Å²) in [4.78, 5) is 14.5. The van der Waals surface area contributed by atoms with Gasteiger partial charge < -0.3 is 16.4 Å². The topological polar surface area (TPSA) is 72.3 Å². The minimum atomic E-state index is 0.0477. The molecule has 0 aliphatic rings. The summed E-state index contributed by atoms with van der Waals surface area (Å²) in [6.07, 6.45) is 1.61. The largest absolute Gasteiger partial charge is 0.339 e. The second kappa shape index (κ2) is 9.08. The van der Waals surface area contributed by atoms with Gasteiger partial charge in [0, 0.05) is 18.7 Å². The predicted octanol–water partition coefficient (Wildman–Crippen LogP) is 2.49. The Labute approximate surface area is 138 Å². The first-order chi connectivity index (χ1) is 11.3. The van der Waals surface area contributed by atoms with E-state index in [-0.39, 0.29) is 5.91 Å². The molecule has 4 N–H and O–H groups in total. The quantitative estimate of drug-likeness (QED) is 0.786. The lowest BCUT2D eigenvalue weighted by atomic mass is 10.0. The number of carbonyl (C=O) groups excluding carboxylic acids is 1. The van der Waals surface area contributed by atoms with Gasteiger partial charge in [0.15, 0.2) is 0 Å². The first-order valence-electron chi connectivity index (χ1n) is 8.11. The fraction of sp³-hybridized carbons (Fsp3) is 0.316. The maximum atomic E-state index is 12.6. The standard InChI is InChI=1S/C19H25N3O/c20-12-4-14-22(15-5-13-21)19(23)18-10-8-17(9-11-18)16-6-2-1-3-7-16/h1-3,6-11H,4-5,12-15,20-21H2. The number of nitrogens with zero attached hydrogens (tertiary/aromatic N) is 1. The normalized spacial score (nSPS) is 10.5. The van der Waals surface area contributed by atoms with E-state index in [1.54, 1.807) is 0 Å². The van der Waals surface area contributed by atoms with Gasteiger partial charge in [0.25, 0.3) is 5.91 Å². The molecule has 0 spiro atoms. The van der Waals surface area contributed by atoms with Crippen LogP contribution in [0.4, 0.5) is 0 Å². The van der Waals surface area contributed by atoms with Crippen molar-refractivity contribution in [3.63, 3.8) is 0 Å². The van der Waals surface area contributed by atoms with Crippen LogP contribution >= 0.6 is 0 Å². The molecule has 0 aliphatic heterocycles. The van der Waals surface area contributed by atoms with Crippen LogP contribution in [-0.2, 0) is 0 Å². The zero-order valence-electron chi connectivity index (χ0n) is 13.4. The molecule has 0 radical (unpaired) electrons. The van der Waals surface area contributed by atoms with E-state index in [0.717, 1.165) is 24.0 Å². The van der Waals surface area contributed by atoms with E-state index in [1.807, 2.05) is 47.4 Å². The zero-order valence-corrected chi connectivity index (χ0v) is 13.4. The number of rotatable bonds is 8. The van der Waals surface area contributed by atoms with Crippen LogP contribution < -0.4 is 11.5 Å². The number of hydrogen-bond acceptors (Lipinski definition) is 3. The Morgan fingerprint density at radius 1 is 0.783 bits per heavy atom. The summed E-state index contributed by atoms with van der Waals surface area (Å²) < 4.78 is 0. The number of nitrogens with two attached hydrogens (primary N) is 2. The molecule has 0 saturated heterocycles. The molecule has 0 bridgehead atoms. The van der Waals surface area contributed by atoms with E-state index in [1.165, 1.54) is 0 Å². The van der Waals surface area contributed by atoms with Gasteiger partial charge in [-0.25, -0.2) is 0 Å². The average Bonchev–Trinajstić information content (AvgIpc) is 2.62. The van der Waals surface area contributed by atoms with E-state index in [2.05, 4.69) is 12.1 Å². The van der Waals surface area contributed by atoms with Crippen LogP contribution in [0.25, 0.3) is 11.1 Å². The predicted molar refractivity (Wildman–Crippen MR) is 95.1 cm³/mol. The lowest BCUT2D eigenvalue weighted by molar-refractivity contribution is 0.0754. The number of carbonyl (C=O) groups is 1. The summed E-state index contributed by atoms with van der Waals surface area (Å²) in [5, 5.41) is 0. The van der Waals surface area contributed by atoms with E-state index in [4.69, 9.17) is 11.5 Å². The van der Waals surface area contributed by atoms with E-state index < -0.39 is 0 Å². The Morgan fingerprint density at radius 3 is 1.83 bits per heavy atom. The van der Waals surface area contributed by atoms with Crippen LogP contribution in [0.2, 0.25) is 0 Å². The van der Waals surface area contributed by atoms with Crippen LogP contribution in [0.3, 0.4) is 0 Å². The molecular weight excluding hydrogens is 286 g/mol. The Hall–Kier alpha value is -2.17. The first kappa shape index (κ1) is 17.2. The van der Waals surface area contributed by atoms with Crippen LogP contribution in [-0.4, -0.2) is 37.0 Å². The monoisotopic (exact) mass is 311 g/mol. The third-order valence-corrected chi connectivity index (χ3v) is 3.79. The molecule has 0 atom stereocenters. The molecule has 2 aromatic rings. The SMILES string of the molecule is NCCCN(CCCN)C(=O)c1ccc(-c2ccccc2)cc1. The Bertz CT molecular complexity index is 588. The first-order valence-corrected chi connectivity index (χ1v) is 8.11. The molecule has 0 aromatic heterocycles. The maximum Gasteiger partial charge on any atom is 0.253 e. The van der Waals surface area contributed by atoms with Gasteiger partial charge in [0.2, 0.25) is 0 Å². The van der Waals surface area contributed by atoms with Crippen molar-refractivity contribution < 1.29 is 4.79 Å². The van der Waals surface area contributed by atoms with Crippen LogP contribution in [0.5, 0.6) is 0 Å². The van der Waals surface area contributed by atoms with E-state index in [9.17, 15) is 4.79 Å². The van der Waals surface area contributed by atoms with Crippen molar-refractivity contribution in [1.29, 1.82) is 0 Å². The molecule has 0 unspecified atom stereocenters.